The zero-order valence-electron chi connectivity index (χ0n) is 14.7. The molecule has 0 aromatic rings. The second-order valence-electron chi connectivity index (χ2n) is 5.32. The summed E-state index contributed by atoms with van der Waals surface area (Å²) >= 11 is 0. The summed E-state index contributed by atoms with van der Waals surface area (Å²) in [4.78, 5) is 9.44. The smallest absolute Gasteiger partial charge is 0.726 e. The minimum Gasteiger partial charge on any atom is -0.726 e. The molecule has 0 saturated heterocycles. The monoisotopic (exact) mass is 346 g/mol. The van der Waals surface area contributed by atoms with Gasteiger partial charge in [0.2, 0.25) is 10.4 Å². The quantitative estimate of drug-likeness (QED) is 0.228. The SMILES string of the molecule is CC(C)=O.CCCCCCCCCCCCOS(=O)(=O)[O-].[Na+]. The molecule has 0 heterocycles. The van der Waals surface area contributed by atoms with Crippen molar-refractivity contribution >= 4 is 16.2 Å². The third-order valence-electron chi connectivity index (χ3n) is 2.73. The normalized spacial score (nSPS) is 10.4. The van der Waals surface area contributed by atoms with Gasteiger partial charge < -0.3 is 9.35 Å². The third-order valence-corrected chi connectivity index (χ3v) is 3.18. The van der Waals surface area contributed by atoms with Gasteiger partial charge in [0.05, 0.1) is 6.61 Å². The van der Waals surface area contributed by atoms with Crippen LogP contribution in [-0.2, 0) is 19.4 Å². The van der Waals surface area contributed by atoms with Crippen LogP contribution in [0.3, 0.4) is 0 Å². The molecule has 0 aliphatic rings. The number of carbonyl (C=O) groups is 1. The van der Waals surface area contributed by atoms with Gasteiger partial charge in [0.1, 0.15) is 5.78 Å². The van der Waals surface area contributed by atoms with Crippen molar-refractivity contribution in [1.29, 1.82) is 0 Å². The molecule has 0 unspecified atom stereocenters. The molecule has 0 N–H and O–H groups in total. The van der Waals surface area contributed by atoms with E-state index in [1.807, 2.05) is 0 Å². The van der Waals surface area contributed by atoms with Crippen molar-refractivity contribution in [2.45, 2.75) is 85.0 Å². The third kappa shape index (κ3) is 37.1. The number of hydrogen-bond acceptors (Lipinski definition) is 5. The molecule has 7 heteroatoms. The molecule has 0 aliphatic carbocycles. The summed E-state index contributed by atoms with van der Waals surface area (Å²) in [5.41, 5.74) is 0. The molecule has 0 aliphatic heterocycles. The zero-order chi connectivity index (χ0) is 16.6. The molecule has 128 valence electrons. The average molecular weight is 346 g/mol. The maximum atomic E-state index is 10.1. The van der Waals surface area contributed by atoms with E-state index >= 15 is 0 Å². The number of Topliss-reactive ketones (excluding diaryl/α,β-unsaturated/α-hetero) is 1. The number of rotatable bonds is 12. The van der Waals surface area contributed by atoms with Gasteiger partial charge in [-0.25, -0.2) is 8.42 Å². The van der Waals surface area contributed by atoms with E-state index in [0.717, 1.165) is 12.8 Å². The molecule has 0 aromatic carbocycles. The Morgan fingerprint density at radius 1 is 0.864 bits per heavy atom. The van der Waals surface area contributed by atoms with Crippen molar-refractivity contribution in [2.24, 2.45) is 0 Å². The summed E-state index contributed by atoms with van der Waals surface area (Å²) in [6.45, 7) is 5.30. The molecule has 0 bridgehead atoms. The van der Waals surface area contributed by atoms with E-state index in [1.54, 1.807) is 0 Å². The van der Waals surface area contributed by atoms with Gasteiger partial charge in [-0.3, -0.25) is 4.18 Å². The topological polar surface area (TPSA) is 83.5 Å². The molecule has 0 saturated carbocycles. The fraction of sp³-hybridized carbons (Fsp3) is 0.933. The molecule has 0 aromatic heterocycles. The van der Waals surface area contributed by atoms with Gasteiger partial charge in [0, 0.05) is 0 Å². The Labute approximate surface area is 158 Å². The average Bonchev–Trinajstić information content (AvgIpc) is 2.34. The van der Waals surface area contributed by atoms with Crippen LogP contribution in [-0.4, -0.2) is 25.4 Å². The summed E-state index contributed by atoms with van der Waals surface area (Å²) in [5, 5.41) is 0. The van der Waals surface area contributed by atoms with Gasteiger partial charge in [-0.05, 0) is 20.3 Å². The maximum Gasteiger partial charge on any atom is 1.00 e. The van der Waals surface area contributed by atoms with Crippen molar-refractivity contribution in [3.63, 3.8) is 0 Å². The Kier molecular flexibility index (Phi) is 24.4. The molecule has 0 spiro atoms. The summed E-state index contributed by atoms with van der Waals surface area (Å²) in [6, 6.07) is 0. The minimum atomic E-state index is -4.48. The van der Waals surface area contributed by atoms with Crippen LogP contribution >= 0.6 is 0 Å². The van der Waals surface area contributed by atoms with Gasteiger partial charge in [-0.1, -0.05) is 64.7 Å². The number of unbranched alkanes of at least 4 members (excludes halogenated alkanes) is 9. The first kappa shape index (κ1) is 27.4. The van der Waals surface area contributed by atoms with Crippen LogP contribution in [0.1, 0.15) is 85.0 Å². The standard InChI is InChI=1S/C12H26O4S.C3H6O.Na/c1-2-3-4-5-6-7-8-9-10-11-12-16-17(13,14)15;1-3(2)4;/h2-12H2,1H3,(H,13,14,15);1-2H3;/q;;+1/p-1. The van der Waals surface area contributed by atoms with Gasteiger partial charge in [0.15, 0.2) is 0 Å². The Morgan fingerprint density at radius 3 is 1.50 bits per heavy atom. The first-order chi connectivity index (χ1) is 9.79. The molecule has 0 rings (SSSR count). The first-order valence-corrected chi connectivity index (χ1v) is 9.20. The predicted molar refractivity (Wildman–Crippen MR) is 83.8 cm³/mol. The molecule has 0 atom stereocenters. The van der Waals surface area contributed by atoms with Crippen molar-refractivity contribution in [1.82, 2.24) is 0 Å². The molecule has 0 fully saturated rings. The number of ketones is 1. The fourth-order valence-electron chi connectivity index (χ4n) is 1.75. The Hall–Kier alpha value is 0.540. The van der Waals surface area contributed by atoms with Crippen LogP contribution in [0.15, 0.2) is 0 Å². The minimum absolute atomic E-state index is 0. The Bertz CT molecular complexity index is 327. The molecular formula is C15H31NaO5S. The maximum absolute atomic E-state index is 10.1. The van der Waals surface area contributed by atoms with E-state index in [-0.39, 0.29) is 41.9 Å². The molecule has 0 amide bonds. The second-order valence-corrected chi connectivity index (χ2v) is 6.37. The van der Waals surface area contributed by atoms with E-state index in [9.17, 15) is 17.8 Å². The molecule has 22 heavy (non-hydrogen) atoms. The summed E-state index contributed by atoms with van der Waals surface area (Å²) < 4.78 is 34.5. The van der Waals surface area contributed by atoms with Crippen molar-refractivity contribution in [3.05, 3.63) is 0 Å². The van der Waals surface area contributed by atoms with E-state index in [2.05, 4.69) is 11.1 Å². The van der Waals surface area contributed by atoms with Gasteiger partial charge in [-0.2, -0.15) is 0 Å². The van der Waals surface area contributed by atoms with Crippen molar-refractivity contribution < 1.29 is 51.5 Å². The predicted octanol–water partition coefficient (Wildman–Crippen LogP) is 0.983. The van der Waals surface area contributed by atoms with Crippen molar-refractivity contribution in [3.8, 4) is 0 Å². The summed E-state index contributed by atoms with van der Waals surface area (Å²) in [5.74, 6) is 0.167. The molecule has 5 nitrogen and oxygen atoms in total. The van der Waals surface area contributed by atoms with Crippen LogP contribution < -0.4 is 29.6 Å². The zero-order valence-corrected chi connectivity index (χ0v) is 17.5. The summed E-state index contributed by atoms with van der Waals surface area (Å²) in [6.07, 6.45) is 11.7. The molecular weight excluding hydrogens is 315 g/mol. The number of hydrogen-bond donors (Lipinski definition) is 0. The largest absolute Gasteiger partial charge is 1.00 e. The van der Waals surface area contributed by atoms with Gasteiger partial charge in [-0.15, -0.1) is 0 Å². The van der Waals surface area contributed by atoms with E-state index in [4.69, 9.17) is 0 Å². The van der Waals surface area contributed by atoms with E-state index in [0.29, 0.717) is 6.42 Å². The van der Waals surface area contributed by atoms with Crippen LogP contribution in [0.5, 0.6) is 0 Å². The summed E-state index contributed by atoms with van der Waals surface area (Å²) in [7, 11) is -4.48. The number of carbonyl (C=O) groups excluding carboxylic acids is 1. The van der Waals surface area contributed by atoms with E-state index in [1.165, 1.54) is 58.8 Å². The van der Waals surface area contributed by atoms with Crippen LogP contribution in [0, 0.1) is 0 Å². The van der Waals surface area contributed by atoms with Crippen LogP contribution in [0.25, 0.3) is 0 Å². The second kappa shape index (κ2) is 19.6. The Balaban J connectivity index is -0.000000640. The first-order valence-electron chi connectivity index (χ1n) is 7.87. The Morgan fingerprint density at radius 2 is 1.18 bits per heavy atom. The van der Waals surface area contributed by atoms with E-state index < -0.39 is 10.4 Å². The molecule has 0 radical (unpaired) electrons. The van der Waals surface area contributed by atoms with Gasteiger partial charge >= 0.3 is 29.6 Å². The van der Waals surface area contributed by atoms with Crippen LogP contribution in [0.4, 0.5) is 0 Å². The van der Waals surface area contributed by atoms with Crippen molar-refractivity contribution in [2.75, 3.05) is 6.61 Å². The van der Waals surface area contributed by atoms with Gasteiger partial charge in [0.25, 0.3) is 0 Å². The fourth-order valence-corrected chi connectivity index (χ4v) is 2.07. The van der Waals surface area contributed by atoms with Crippen LogP contribution in [0.2, 0.25) is 0 Å².